The summed E-state index contributed by atoms with van der Waals surface area (Å²) in [4.78, 5) is 22.1. The minimum atomic E-state index is -5.08. The number of halogens is 3. The number of rotatable bonds is 9. The normalized spacial score (nSPS) is 17.1. The Labute approximate surface area is 242 Å². The Morgan fingerprint density at radius 2 is 1.48 bits per heavy atom. The number of methoxy groups -OCH3 is 1. The van der Waals surface area contributed by atoms with Crippen LogP contribution in [0.1, 0.15) is 23.5 Å². The number of carboxylic acids is 1. The molecule has 0 bridgehead atoms. The molecule has 4 rings (SSSR count). The molecule has 3 aromatic rings. The molecular weight excluding hydrogens is 575 g/mol. The maximum absolute atomic E-state index is 13.1. The van der Waals surface area contributed by atoms with Crippen molar-refractivity contribution in [2.45, 2.75) is 29.5 Å². The molecule has 42 heavy (non-hydrogen) atoms. The van der Waals surface area contributed by atoms with Crippen molar-refractivity contribution in [3.8, 4) is 5.75 Å². The first-order chi connectivity index (χ1) is 19.9. The summed E-state index contributed by atoms with van der Waals surface area (Å²) in [5, 5.41) is 13.4. The molecule has 1 fully saturated rings. The fourth-order valence-corrected chi connectivity index (χ4v) is 5.67. The molecule has 1 saturated heterocycles. The van der Waals surface area contributed by atoms with Crippen LogP contribution in [0.2, 0.25) is 0 Å². The van der Waals surface area contributed by atoms with Crippen molar-refractivity contribution in [1.29, 1.82) is 0 Å². The van der Waals surface area contributed by atoms with E-state index in [1.54, 1.807) is 12.1 Å². The zero-order valence-corrected chi connectivity index (χ0v) is 23.5. The van der Waals surface area contributed by atoms with Gasteiger partial charge in [0.15, 0.2) is 0 Å². The lowest BCUT2D eigenvalue weighted by Crippen LogP contribution is -2.52. The van der Waals surface area contributed by atoms with E-state index in [2.05, 4.69) is 39.6 Å². The highest BCUT2D eigenvalue weighted by molar-refractivity contribution is 7.89. The van der Waals surface area contributed by atoms with Gasteiger partial charge in [-0.1, -0.05) is 60.7 Å². The third-order valence-electron chi connectivity index (χ3n) is 6.54. The lowest BCUT2D eigenvalue weighted by atomic mass is 9.90. The maximum Gasteiger partial charge on any atom is 0.490 e. The van der Waals surface area contributed by atoms with Crippen molar-refractivity contribution in [3.63, 3.8) is 0 Å². The summed E-state index contributed by atoms with van der Waals surface area (Å²) in [7, 11) is -2.18. The SMILES string of the molecule is COc1ccc(S(=O)(=O)N[C@H]2CNC[C@@H](C(=O)NCC(c3ccccc3)c3ccccc3)C2)cc1.O=C(O)C(F)(F)F. The van der Waals surface area contributed by atoms with E-state index in [9.17, 15) is 26.4 Å². The number of sulfonamides is 1. The van der Waals surface area contributed by atoms with Crippen LogP contribution >= 0.6 is 0 Å². The minimum Gasteiger partial charge on any atom is -0.497 e. The van der Waals surface area contributed by atoms with E-state index < -0.39 is 22.2 Å². The minimum absolute atomic E-state index is 0.0299. The third-order valence-corrected chi connectivity index (χ3v) is 8.08. The van der Waals surface area contributed by atoms with Crippen LogP contribution in [0.4, 0.5) is 13.2 Å². The summed E-state index contributed by atoms with van der Waals surface area (Å²) >= 11 is 0. The van der Waals surface area contributed by atoms with Crippen molar-refractivity contribution in [1.82, 2.24) is 15.4 Å². The summed E-state index contributed by atoms with van der Waals surface area (Å²) in [6, 6.07) is 26.1. The topological polar surface area (TPSA) is 134 Å². The molecule has 1 heterocycles. The molecule has 0 saturated carbocycles. The van der Waals surface area contributed by atoms with E-state index in [1.807, 2.05) is 36.4 Å². The Morgan fingerprint density at radius 1 is 0.952 bits per heavy atom. The van der Waals surface area contributed by atoms with Crippen LogP contribution in [0.5, 0.6) is 5.75 Å². The van der Waals surface area contributed by atoms with E-state index >= 15 is 0 Å². The molecule has 0 spiro atoms. The summed E-state index contributed by atoms with van der Waals surface area (Å²) in [5.74, 6) is -2.55. The lowest BCUT2D eigenvalue weighted by Gasteiger charge is -2.30. The molecule has 0 radical (unpaired) electrons. The zero-order chi connectivity index (χ0) is 30.8. The Kier molecular flexibility index (Phi) is 11.5. The number of alkyl halides is 3. The van der Waals surface area contributed by atoms with Gasteiger partial charge >= 0.3 is 12.1 Å². The van der Waals surface area contributed by atoms with Crippen LogP contribution in [0.3, 0.4) is 0 Å². The first-order valence-electron chi connectivity index (χ1n) is 13.0. The van der Waals surface area contributed by atoms with Crippen molar-refractivity contribution in [3.05, 3.63) is 96.1 Å². The second-order valence-corrected chi connectivity index (χ2v) is 11.2. The fraction of sp³-hybridized carbons (Fsp3) is 0.310. The van der Waals surface area contributed by atoms with Crippen molar-refractivity contribution in [2.75, 3.05) is 26.7 Å². The highest BCUT2D eigenvalue weighted by atomic mass is 32.2. The van der Waals surface area contributed by atoms with Gasteiger partial charge in [0.05, 0.1) is 17.9 Å². The average Bonchev–Trinajstić information content (AvgIpc) is 2.98. The largest absolute Gasteiger partial charge is 0.497 e. The average molecular weight is 608 g/mol. The van der Waals surface area contributed by atoms with Gasteiger partial charge in [-0.25, -0.2) is 17.9 Å². The van der Waals surface area contributed by atoms with Gasteiger partial charge in [-0.05, 0) is 41.8 Å². The van der Waals surface area contributed by atoms with Gasteiger partial charge in [0, 0.05) is 31.6 Å². The molecule has 1 aliphatic rings. The predicted molar refractivity (Wildman–Crippen MR) is 150 cm³/mol. The predicted octanol–water partition coefficient (Wildman–Crippen LogP) is 3.53. The highest BCUT2D eigenvalue weighted by Crippen LogP contribution is 2.24. The van der Waals surface area contributed by atoms with Gasteiger partial charge in [-0.2, -0.15) is 13.2 Å². The van der Waals surface area contributed by atoms with Gasteiger partial charge in [-0.15, -0.1) is 0 Å². The number of nitrogens with one attached hydrogen (secondary N) is 3. The summed E-state index contributed by atoms with van der Waals surface area (Å²) < 4.78 is 65.2. The van der Waals surface area contributed by atoms with Crippen LogP contribution in [-0.2, 0) is 19.6 Å². The van der Waals surface area contributed by atoms with Crippen LogP contribution in [0.25, 0.3) is 0 Å². The number of hydrogen-bond acceptors (Lipinski definition) is 6. The number of hydrogen-bond donors (Lipinski definition) is 4. The summed E-state index contributed by atoms with van der Waals surface area (Å²) in [5.41, 5.74) is 2.26. The van der Waals surface area contributed by atoms with E-state index in [-0.39, 0.29) is 28.7 Å². The second-order valence-electron chi connectivity index (χ2n) is 9.51. The fourth-order valence-electron chi connectivity index (χ4n) is 4.42. The third kappa shape index (κ3) is 9.57. The van der Waals surface area contributed by atoms with Gasteiger partial charge < -0.3 is 20.5 Å². The monoisotopic (exact) mass is 607 g/mol. The maximum atomic E-state index is 13.1. The molecule has 13 heteroatoms. The van der Waals surface area contributed by atoms with E-state index in [0.29, 0.717) is 31.8 Å². The Balaban J connectivity index is 0.000000616. The van der Waals surface area contributed by atoms with E-state index in [0.717, 1.165) is 11.1 Å². The standard InChI is InChI=1S/C27H31N3O4S.C2HF3O2/c1-34-24-12-14-25(15-13-24)35(32,33)30-23-16-22(17-28-18-23)27(31)29-19-26(20-8-4-2-5-9-20)21-10-6-3-7-11-21;3-2(4,5)1(6)7/h2-15,22-23,26,28,30H,16-19H2,1H3,(H,29,31);(H,6,7)/t22-,23+;/m0./s1. The number of aliphatic carboxylic acids is 1. The van der Waals surface area contributed by atoms with E-state index in [4.69, 9.17) is 14.6 Å². The second kappa shape index (κ2) is 14.8. The first kappa shape index (κ1) is 32.6. The Morgan fingerprint density at radius 3 is 1.95 bits per heavy atom. The van der Waals surface area contributed by atoms with Crippen LogP contribution in [0, 0.1) is 5.92 Å². The first-order valence-corrected chi connectivity index (χ1v) is 14.4. The van der Waals surface area contributed by atoms with Crippen molar-refractivity contribution in [2.24, 2.45) is 5.92 Å². The number of piperidine rings is 1. The van der Waals surface area contributed by atoms with Crippen molar-refractivity contribution >= 4 is 21.9 Å². The van der Waals surface area contributed by atoms with Gasteiger partial charge in [0.2, 0.25) is 15.9 Å². The smallest absolute Gasteiger partial charge is 0.490 e. The number of ether oxygens (including phenoxy) is 1. The summed E-state index contributed by atoms with van der Waals surface area (Å²) in [6.45, 7) is 1.44. The molecule has 0 aromatic heterocycles. The van der Waals surface area contributed by atoms with Gasteiger partial charge in [0.25, 0.3) is 0 Å². The molecule has 3 aromatic carbocycles. The van der Waals surface area contributed by atoms with E-state index in [1.165, 1.54) is 19.2 Å². The molecular formula is C29H32F3N3O6S. The zero-order valence-electron chi connectivity index (χ0n) is 22.7. The Bertz CT molecular complexity index is 1370. The number of carbonyl (C=O) groups is 2. The molecule has 9 nitrogen and oxygen atoms in total. The molecule has 0 aliphatic carbocycles. The van der Waals surface area contributed by atoms with Crippen LogP contribution in [-0.4, -0.2) is 64.4 Å². The number of carboxylic acid groups (broad SMARTS) is 1. The van der Waals surface area contributed by atoms with Crippen LogP contribution < -0.4 is 20.1 Å². The molecule has 1 aliphatic heterocycles. The van der Waals surface area contributed by atoms with Gasteiger partial charge in [-0.3, -0.25) is 4.79 Å². The lowest BCUT2D eigenvalue weighted by molar-refractivity contribution is -0.192. The number of carbonyl (C=O) groups excluding carboxylic acids is 1. The summed E-state index contributed by atoms with van der Waals surface area (Å²) in [6.07, 6.45) is -4.66. The quantitative estimate of drug-likeness (QED) is 0.293. The van der Waals surface area contributed by atoms with Crippen molar-refractivity contribution < 1.29 is 41.0 Å². The molecule has 2 atom stereocenters. The molecule has 226 valence electrons. The Hall–Kier alpha value is -3.94. The molecule has 4 N–H and O–H groups in total. The van der Waals surface area contributed by atoms with Crippen LogP contribution in [0.15, 0.2) is 89.8 Å². The molecule has 1 amide bonds. The highest BCUT2D eigenvalue weighted by Gasteiger charge is 2.38. The number of benzene rings is 3. The number of amides is 1. The molecule has 0 unspecified atom stereocenters. The van der Waals surface area contributed by atoms with Gasteiger partial charge in [0.1, 0.15) is 5.75 Å².